The highest BCUT2D eigenvalue weighted by Crippen LogP contribution is 2.33. The minimum absolute atomic E-state index is 0.00953. The van der Waals surface area contributed by atoms with Crippen molar-refractivity contribution in [3.05, 3.63) is 65.7 Å². The lowest BCUT2D eigenvalue weighted by Gasteiger charge is -2.15. The van der Waals surface area contributed by atoms with Crippen molar-refractivity contribution < 1.29 is 23.8 Å². The molecule has 6 heteroatoms. The highest BCUT2D eigenvalue weighted by atomic mass is 19.1. The minimum atomic E-state index is -0.951. The van der Waals surface area contributed by atoms with Crippen molar-refractivity contribution in [2.75, 3.05) is 4.90 Å². The summed E-state index contributed by atoms with van der Waals surface area (Å²) in [5.74, 6) is -2.55. The third-order valence-electron chi connectivity index (χ3n) is 3.67. The van der Waals surface area contributed by atoms with Gasteiger partial charge in [0.15, 0.2) is 5.76 Å². The van der Waals surface area contributed by atoms with Crippen molar-refractivity contribution in [3.63, 3.8) is 0 Å². The number of hydrogen-bond acceptors (Lipinski definition) is 4. The quantitative estimate of drug-likeness (QED) is 0.865. The zero-order valence-electron chi connectivity index (χ0n) is 13.7. The highest BCUT2D eigenvalue weighted by molar-refractivity contribution is 6.44. The van der Waals surface area contributed by atoms with Crippen LogP contribution in [0.4, 0.5) is 10.1 Å². The summed E-state index contributed by atoms with van der Waals surface area (Å²) in [7, 11) is 0. The summed E-state index contributed by atoms with van der Waals surface area (Å²) in [6.45, 7) is 3.77. The minimum Gasteiger partial charge on any atom is -0.502 e. The number of halogens is 1. The van der Waals surface area contributed by atoms with E-state index >= 15 is 0 Å². The maximum Gasteiger partial charge on any atom is 0.301 e. The fraction of sp³-hybridized carbons (Fsp3) is 0.158. The van der Waals surface area contributed by atoms with E-state index in [1.807, 2.05) is 13.8 Å². The zero-order valence-corrected chi connectivity index (χ0v) is 13.7. The Morgan fingerprint density at radius 2 is 1.64 bits per heavy atom. The number of anilines is 1. The number of benzene rings is 2. The Hall–Kier alpha value is -3.15. The molecule has 5 nitrogen and oxygen atoms in total. The van der Waals surface area contributed by atoms with Gasteiger partial charge in [-0.2, -0.15) is 0 Å². The topological polar surface area (TPSA) is 66.8 Å². The van der Waals surface area contributed by atoms with E-state index < -0.39 is 23.4 Å². The van der Waals surface area contributed by atoms with Crippen LogP contribution in [-0.4, -0.2) is 23.0 Å². The van der Waals surface area contributed by atoms with Gasteiger partial charge in [-0.25, -0.2) is 9.29 Å². The van der Waals surface area contributed by atoms with Crippen molar-refractivity contribution in [2.24, 2.45) is 0 Å². The predicted octanol–water partition coefficient (Wildman–Crippen LogP) is 3.46. The second-order valence-corrected chi connectivity index (χ2v) is 5.81. The molecule has 0 radical (unpaired) electrons. The molecule has 2 aromatic carbocycles. The average Bonchev–Trinajstić information content (AvgIpc) is 2.79. The molecule has 2 amide bonds. The molecule has 0 atom stereocenters. The summed E-state index contributed by atoms with van der Waals surface area (Å²) in [5.41, 5.74) is -0.00560. The molecule has 0 saturated heterocycles. The van der Waals surface area contributed by atoms with Gasteiger partial charge in [0.2, 0.25) is 0 Å². The maximum absolute atomic E-state index is 14.0. The van der Waals surface area contributed by atoms with Crippen LogP contribution in [0.2, 0.25) is 0 Å². The van der Waals surface area contributed by atoms with Crippen LogP contribution in [0.1, 0.15) is 19.4 Å². The van der Waals surface area contributed by atoms with Gasteiger partial charge in [0.05, 0.1) is 17.4 Å². The Balaban J connectivity index is 1.96. The van der Waals surface area contributed by atoms with Crippen LogP contribution >= 0.6 is 0 Å². The summed E-state index contributed by atoms with van der Waals surface area (Å²) in [4.78, 5) is 25.5. The van der Waals surface area contributed by atoms with Crippen LogP contribution in [0.15, 0.2) is 54.3 Å². The third kappa shape index (κ3) is 2.98. The van der Waals surface area contributed by atoms with Crippen molar-refractivity contribution in [1.29, 1.82) is 0 Å². The molecule has 1 N–H and O–H groups in total. The normalized spacial score (nSPS) is 14.6. The third-order valence-corrected chi connectivity index (χ3v) is 3.67. The van der Waals surface area contributed by atoms with Crippen molar-refractivity contribution in [3.8, 4) is 5.75 Å². The summed E-state index contributed by atoms with van der Waals surface area (Å²) >= 11 is 0. The molecule has 0 fully saturated rings. The number of hydrogen-bond donors (Lipinski definition) is 1. The Labute approximate surface area is 144 Å². The largest absolute Gasteiger partial charge is 0.502 e. The number of aliphatic hydroxyl groups excluding tert-OH is 1. The van der Waals surface area contributed by atoms with E-state index in [1.54, 1.807) is 24.3 Å². The van der Waals surface area contributed by atoms with Gasteiger partial charge in [0, 0.05) is 0 Å². The molecule has 0 saturated carbocycles. The summed E-state index contributed by atoms with van der Waals surface area (Å²) in [6.07, 6.45) is -0.00953. The van der Waals surface area contributed by atoms with Gasteiger partial charge in [-0.05, 0) is 43.7 Å². The van der Waals surface area contributed by atoms with Gasteiger partial charge in [0.1, 0.15) is 11.6 Å². The SMILES string of the molecule is CC(C)Oc1ccc(C2=C(O)C(=O)N(c3ccccc3F)C2=O)cc1. The van der Waals surface area contributed by atoms with Crippen LogP contribution in [0.3, 0.4) is 0 Å². The number of para-hydroxylation sites is 1. The second-order valence-electron chi connectivity index (χ2n) is 5.81. The molecule has 128 valence electrons. The van der Waals surface area contributed by atoms with Crippen LogP contribution in [-0.2, 0) is 9.59 Å². The van der Waals surface area contributed by atoms with Crippen LogP contribution < -0.4 is 9.64 Å². The lowest BCUT2D eigenvalue weighted by Crippen LogP contribution is -2.32. The van der Waals surface area contributed by atoms with E-state index in [4.69, 9.17) is 4.74 Å². The molecule has 1 aliphatic heterocycles. The van der Waals surface area contributed by atoms with Gasteiger partial charge in [0.25, 0.3) is 5.91 Å². The number of aliphatic hydroxyl groups is 1. The molecule has 25 heavy (non-hydrogen) atoms. The van der Waals surface area contributed by atoms with Gasteiger partial charge < -0.3 is 9.84 Å². The van der Waals surface area contributed by atoms with Crippen LogP contribution in [0, 0.1) is 5.82 Å². The molecule has 0 spiro atoms. The first-order valence-electron chi connectivity index (χ1n) is 7.73. The standard InChI is InChI=1S/C19H16FNO4/c1-11(2)25-13-9-7-12(8-10-13)16-17(22)19(24)21(18(16)23)15-6-4-3-5-14(15)20/h3-11,22H,1-2H3. The van der Waals surface area contributed by atoms with Gasteiger partial charge in [-0.3, -0.25) is 9.59 Å². The van der Waals surface area contributed by atoms with E-state index in [0.29, 0.717) is 16.2 Å². The first kappa shape index (κ1) is 16.7. The van der Waals surface area contributed by atoms with Crippen molar-refractivity contribution in [2.45, 2.75) is 20.0 Å². The Bertz CT molecular complexity index is 871. The molecule has 0 bridgehead atoms. The van der Waals surface area contributed by atoms with Gasteiger partial charge in [-0.1, -0.05) is 24.3 Å². The number of carbonyl (C=O) groups is 2. The lowest BCUT2D eigenvalue weighted by molar-refractivity contribution is -0.121. The Morgan fingerprint density at radius 1 is 1.00 bits per heavy atom. The number of amides is 2. The lowest BCUT2D eigenvalue weighted by atomic mass is 10.1. The maximum atomic E-state index is 14.0. The molecule has 2 aromatic rings. The van der Waals surface area contributed by atoms with Crippen molar-refractivity contribution in [1.82, 2.24) is 0 Å². The molecule has 1 heterocycles. The zero-order chi connectivity index (χ0) is 18.1. The number of nitrogens with zero attached hydrogens (tertiary/aromatic N) is 1. The molecular weight excluding hydrogens is 325 g/mol. The molecule has 1 aliphatic rings. The number of rotatable bonds is 4. The average molecular weight is 341 g/mol. The first-order chi connectivity index (χ1) is 11.9. The summed E-state index contributed by atoms with van der Waals surface area (Å²) in [5, 5.41) is 10.1. The highest BCUT2D eigenvalue weighted by Gasteiger charge is 2.41. The van der Waals surface area contributed by atoms with Gasteiger partial charge in [-0.15, -0.1) is 0 Å². The monoisotopic (exact) mass is 341 g/mol. The first-order valence-corrected chi connectivity index (χ1v) is 7.73. The van der Waals surface area contributed by atoms with E-state index in [9.17, 15) is 19.1 Å². The van der Waals surface area contributed by atoms with Gasteiger partial charge >= 0.3 is 5.91 Å². The number of carbonyl (C=O) groups excluding carboxylic acids is 2. The molecule has 0 aromatic heterocycles. The number of ether oxygens (including phenoxy) is 1. The van der Waals surface area contributed by atoms with Crippen molar-refractivity contribution >= 4 is 23.1 Å². The van der Waals surface area contributed by atoms with Crippen LogP contribution in [0.25, 0.3) is 5.57 Å². The Kier molecular flexibility index (Phi) is 4.27. The van der Waals surface area contributed by atoms with E-state index in [2.05, 4.69) is 0 Å². The molecule has 0 unspecified atom stereocenters. The smallest absolute Gasteiger partial charge is 0.301 e. The summed E-state index contributed by atoms with van der Waals surface area (Å²) in [6, 6.07) is 11.8. The van der Waals surface area contributed by atoms with E-state index in [0.717, 1.165) is 6.07 Å². The predicted molar refractivity (Wildman–Crippen MR) is 90.6 cm³/mol. The fourth-order valence-corrected chi connectivity index (χ4v) is 2.60. The second kappa shape index (κ2) is 6.39. The Morgan fingerprint density at radius 3 is 2.24 bits per heavy atom. The fourth-order valence-electron chi connectivity index (χ4n) is 2.60. The summed E-state index contributed by atoms with van der Waals surface area (Å²) < 4.78 is 19.5. The molecule has 0 aliphatic carbocycles. The van der Waals surface area contributed by atoms with E-state index in [-0.39, 0.29) is 17.4 Å². The molecule has 3 rings (SSSR count). The molecular formula is C19H16FNO4. The van der Waals surface area contributed by atoms with Crippen LogP contribution in [0.5, 0.6) is 5.75 Å². The van der Waals surface area contributed by atoms with E-state index in [1.165, 1.54) is 18.2 Å². The number of imide groups is 1.